The van der Waals surface area contributed by atoms with Gasteiger partial charge in [-0.25, -0.2) is 12.7 Å². The lowest BCUT2D eigenvalue weighted by molar-refractivity contribution is 0.521. The van der Waals surface area contributed by atoms with E-state index in [0.717, 1.165) is 4.31 Å². The maximum Gasteiger partial charge on any atom is 0.293 e. The SMILES string of the molecule is CN(C)S(=O)(=O)c1ccc2oc(Cl)nc2c1. The molecule has 2 rings (SSSR count). The number of rotatable bonds is 2. The van der Waals surface area contributed by atoms with Crippen LogP contribution in [0.25, 0.3) is 11.1 Å². The summed E-state index contributed by atoms with van der Waals surface area (Å²) in [6.45, 7) is 0. The van der Waals surface area contributed by atoms with Gasteiger partial charge in [-0.05, 0) is 29.8 Å². The molecular formula is C9H9ClN2O3S. The average molecular weight is 261 g/mol. The first-order valence-corrected chi connectivity index (χ1v) is 6.21. The third kappa shape index (κ3) is 1.79. The number of nitrogens with zero attached hydrogens (tertiary/aromatic N) is 2. The van der Waals surface area contributed by atoms with E-state index in [1.54, 1.807) is 0 Å². The molecule has 1 heterocycles. The van der Waals surface area contributed by atoms with Gasteiger partial charge in [-0.2, -0.15) is 4.98 Å². The van der Waals surface area contributed by atoms with Gasteiger partial charge in [-0.1, -0.05) is 0 Å². The fourth-order valence-corrected chi connectivity index (χ4v) is 2.35. The minimum Gasteiger partial charge on any atom is -0.428 e. The van der Waals surface area contributed by atoms with Crippen molar-refractivity contribution in [3.05, 3.63) is 23.5 Å². The normalized spacial score (nSPS) is 12.5. The second kappa shape index (κ2) is 3.73. The smallest absolute Gasteiger partial charge is 0.293 e. The third-order valence-corrected chi connectivity index (χ3v) is 4.08. The summed E-state index contributed by atoms with van der Waals surface area (Å²) in [6, 6.07) is 4.42. The van der Waals surface area contributed by atoms with Gasteiger partial charge in [0.1, 0.15) is 5.52 Å². The summed E-state index contributed by atoms with van der Waals surface area (Å²) in [7, 11) is -0.515. The van der Waals surface area contributed by atoms with E-state index >= 15 is 0 Å². The van der Waals surface area contributed by atoms with Gasteiger partial charge in [0, 0.05) is 14.1 Å². The third-order valence-electron chi connectivity index (χ3n) is 2.11. The fourth-order valence-electron chi connectivity index (χ4n) is 1.25. The average Bonchev–Trinajstić information content (AvgIpc) is 2.56. The van der Waals surface area contributed by atoms with Gasteiger partial charge in [-0.3, -0.25) is 0 Å². The number of oxazole rings is 1. The summed E-state index contributed by atoms with van der Waals surface area (Å²) >= 11 is 5.57. The Morgan fingerprint density at radius 3 is 2.69 bits per heavy atom. The Bertz CT molecular complexity index is 633. The summed E-state index contributed by atoms with van der Waals surface area (Å²) in [4.78, 5) is 4.02. The Labute approximate surface area is 97.7 Å². The van der Waals surface area contributed by atoms with Gasteiger partial charge < -0.3 is 4.42 Å². The highest BCUT2D eigenvalue weighted by atomic mass is 35.5. The highest BCUT2D eigenvalue weighted by Crippen LogP contribution is 2.23. The lowest BCUT2D eigenvalue weighted by Crippen LogP contribution is -2.22. The molecule has 0 saturated carbocycles. The minimum absolute atomic E-state index is 0.00518. The summed E-state index contributed by atoms with van der Waals surface area (Å²) in [6.07, 6.45) is 0. The quantitative estimate of drug-likeness (QED) is 0.825. The van der Waals surface area contributed by atoms with Crippen LogP contribution in [-0.2, 0) is 10.0 Å². The molecule has 86 valence electrons. The zero-order valence-corrected chi connectivity index (χ0v) is 10.2. The van der Waals surface area contributed by atoms with Crippen molar-refractivity contribution >= 4 is 32.7 Å². The summed E-state index contributed by atoms with van der Waals surface area (Å²) < 4.78 is 29.8. The minimum atomic E-state index is -3.45. The molecule has 0 aliphatic rings. The zero-order valence-electron chi connectivity index (χ0n) is 8.64. The van der Waals surface area contributed by atoms with Gasteiger partial charge in [-0.15, -0.1) is 0 Å². The van der Waals surface area contributed by atoms with E-state index in [1.165, 1.54) is 32.3 Å². The molecule has 2 aromatic rings. The molecule has 0 bridgehead atoms. The predicted molar refractivity (Wildman–Crippen MR) is 59.9 cm³/mol. The van der Waals surface area contributed by atoms with Crippen LogP contribution in [0.3, 0.4) is 0 Å². The van der Waals surface area contributed by atoms with Crippen molar-refractivity contribution in [1.29, 1.82) is 0 Å². The van der Waals surface area contributed by atoms with Crippen LogP contribution >= 0.6 is 11.6 Å². The van der Waals surface area contributed by atoms with Crippen molar-refractivity contribution in [2.24, 2.45) is 0 Å². The molecule has 1 aromatic heterocycles. The van der Waals surface area contributed by atoms with Gasteiger partial charge in [0.15, 0.2) is 5.58 Å². The molecule has 7 heteroatoms. The maximum atomic E-state index is 11.8. The number of hydrogen-bond donors (Lipinski definition) is 0. The Balaban J connectivity index is 2.63. The van der Waals surface area contributed by atoms with Crippen LogP contribution < -0.4 is 0 Å². The van der Waals surface area contributed by atoms with E-state index in [-0.39, 0.29) is 10.2 Å². The van der Waals surface area contributed by atoms with Gasteiger partial charge >= 0.3 is 0 Å². The first kappa shape index (κ1) is 11.4. The van der Waals surface area contributed by atoms with Crippen molar-refractivity contribution in [2.45, 2.75) is 4.90 Å². The van der Waals surface area contributed by atoms with Crippen molar-refractivity contribution < 1.29 is 12.8 Å². The van der Waals surface area contributed by atoms with E-state index < -0.39 is 10.0 Å². The molecule has 0 saturated heterocycles. The van der Waals surface area contributed by atoms with Crippen LogP contribution in [0.4, 0.5) is 0 Å². The van der Waals surface area contributed by atoms with Gasteiger partial charge in [0.05, 0.1) is 4.90 Å². The molecule has 0 N–H and O–H groups in total. The Kier molecular flexibility index (Phi) is 2.65. The van der Waals surface area contributed by atoms with E-state index in [2.05, 4.69) is 4.98 Å². The molecule has 16 heavy (non-hydrogen) atoms. The Morgan fingerprint density at radius 1 is 1.38 bits per heavy atom. The second-order valence-corrected chi connectivity index (χ2v) is 5.86. The number of benzene rings is 1. The molecule has 0 amide bonds. The number of hydrogen-bond acceptors (Lipinski definition) is 4. The van der Waals surface area contributed by atoms with Crippen molar-refractivity contribution in [3.63, 3.8) is 0 Å². The maximum absolute atomic E-state index is 11.8. The van der Waals surface area contributed by atoms with Gasteiger partial charge in [0.25, 0.3) is 5.35 Å². The van der Waals surface area contributed by atoms with Gasteiger partial charge in [0.2, 0.25) is 10.0 Å². The highest BCUT2D eigenvalue weighted by molar-refractivity contribution is 7.89. The van der Waals surface area contributed by atoms with Crippen LogP contribution in [0.15, 0.2) is 27.5 Å². The zero-order chi connectivity index (χ0) is 11.9. The monoisotopic (exact) mass is 260 g/mol. The Morgan fingerprint density at radius 2 is 2.06 bits per heavy atom. The molecule has 0 aliphatic carbocycles. The first-order chi connectivity index (χ1) is 7.41. The van der Waals surface area contributed by atoms with Crippen LogP contribution in [0.2, 0.25) is 5.35 Å². The molecule has 0 fully saturated rings. The largest absolute Gasteiger partial charge is 0.428 e. The number of sulfonamides is 1. The van der Waals surface area contributed by atoms with E-state index in [0.29, 0.717) is 11.1 Å². The summed E-state index contributed by atoms with van der Waals surface area (Å²) in [5.41, 5.74) is 0.885. The van der Waals surface area contributed by atoms with Crippen LogP contribution in [0, 0.1) is 0 Å². The predicted octanol–water partition coefficient (Wildman–Crippen LogP) is 1.73. The summed E-state index contributed by atoms with van der Waals surface area (Å²) in [5.74, 6) is 0. The number of fused-ring (bicyclic) bond motifs is 1. The molecule has 1 aromatic carbocycles. The van der Waals surface area contributed by atoms with Crippen LogP contribution in [0.5, 0.6) is 0 Å². The Hall–Kier alpha value is -1.11. The molecule has 0 aliphatic heterocycles. The van der Waals surface area contributed by atoms with E-state index in [1.807, 2.05) is 0 Å². The molecule has 0 atom stereocenters. The van der Waals surface area contributed by atoms with Crippen LogP contribution in [-0.4, -0.2) is 31.8 Å². The number of aromatic nitrogens is 1. The number of halogens is 1. The molecule has 5 nitrogen and oxygen atoms in total. The standard InChI is InChI=1S/C9H9ClN2O3S/c1-12(2)16(13,14)6-3-4-8-7(5-6)11-9(10)15-8/h3-5H,1-2H3. The van der Waals surface area contributed by atoms with E-state index in [4.69, 9.17) is 16.0 Å². The van der Waals surface area contributed by atoms with Crippen molar-refractivity contribution in [2.75, 3.05) is 14.1 Å². The molecule has 0 unspecified atom stereocenters. The molecule has 0 radical (unpaired) electrons. The van der Waals surface area contributed by atoms with Crippen molar-refractivity contribution in [1.82, 2.24) is 9.29 Å². The lowest BCUT2D eigenvalue weighted by Gasteiger charge is -2.10. The first-order valence-electron chi connectivity index (χ1n) is 4.40. The molecular weight excluding hydrogens is 252 g/mol. The fraction of sp³-hybridized carbons (Fsp3) is 0.222. The lowest BCUT2D eigenvalue weighted by atomic mass is 10.3. The van der Waals surface area contributed by atoms with Crippen LogP contribution in [0.1, 0.15) is 0 Å². The van der Waals surface area contributed by atoms with E-state index in [9.17, 15) is 8.42 Å². The molecule has 0 spiro atoms. The summed E-state index contributed by atoms with van der Waals surface area (Å²) in [5, 5.41) is -0.00518. The highest BCUT2D eigenvalue weighted by Gasteiger charge is 2.18. The second-order valence-electron chi connectivity index (χ2n) is 3.38. The topological polar surface area (TPSA) is 63.4 Å². The van der Waals surface area contributed by atoms with Crippen molar-refractivity contribution in [3.8, 4) is 0 Å².